The normalized spacial score (nSPS) is 13.6. The summed E-state index contributed by atoms with van der Waals surface area (Å²) in [7, 11) is 0. The van der Waals surface area contributed by atoms with Crippen LogP contribution in [-0.4, -0.2) is 26.1 Å². The lowest BCUT2D eigenvalue weighted by Crippen LogP contribution is -2.17. The Hall–Kier alpha value is -2.93. The second kappa shape index (κ2) is 6.18. The third-order valence-electron chi connectivity index (χ3n) is 4.05. The Balaban J connectivity index is 1.59. The minimum atomic E-state index is -0.451. The average molecular weight is 356 g/mol. The molecule has 1 aromatic heterocycles. The number of nitrogens with zero attached hydrogens (tertiary/aromatic N) is 3. The molecule has 2 N–H and O–H groups in total. The number of tetrazole rings is 1. The minimum absolute atomic E-state index is 0.256. The number of carbonyl (C=O) groups is 1. The molecule has 25 heavy (non-hydrogen) atoms. The molecular formula is C17H14ClN5O2. The molecule has 1 heterocycles. The Kier molecular flexibility index (Phi) is 3.85. The Morgan fingerprint density at radius 2 is 2.08 bits per heavy atom. The Labute approximate surface area is 147 Å². The van der Waals surface area contributed by atoms with Crippen LogP contribution in [-0.2, 0) is 0 Å². The van der Waals surface area contributed by atoms with Crippen LogP contribution in [0.4, 0.5) is 5.69 Å². The average Bonchev–Trinajstić information content (AvgIpc) is 3.36. The van der Waals surface area contributed by atoms with Crippen molar-refractivity contribution < 1.29 is 4.79 Å². The lowest BCUT2D eigenvalue weighted by atomic mass is 10.1. The van der Waals surface area contributed by atoms with Crippen LogP contribution in [0.5, 0.6) is 0 Å². The fourth-order valence-electron chi connectivity index (χ4n) is 2.68. The summed E-state index contributed by atoms with van der Waals surface area (Å²) < 4.78 is 1.11. The molecule has 2 aromatic carbocycles. The van der Waals surface area contributed by atoms with Gasteiger partial charge >= 0.3 is 5.69 Å². The van der Waals surface area contributed by atoms with Crippen molar-refractivity contribution >= 4 is 23.2 Å². The zero-order valence-corrected chi connectivity index (χ0v) is 13.8. The van der Waals surface area contributed by atoms with Crippen molar-refractivity contribution in [2.45, 2.75) is 18.8 Å². The first-order valence-corrected chi connectivity index (χ1v) is 8.20. The molecule has 0 atom stereocenters. The number of H-pyrrole nitrogens is 1. The quantitative estimate of drug-likeness (QED) is 0.752. The number of amides is 1. The standard InChI is InChI=1S/C17H14ClN5O2/c18-13-7-11(10-4-5-10)6-12(8-13)16(24)19-14-2-1-3-15(9-14)23-17(25)20-21-22-23/h1-3,6-10H,4-5H2,(H,19,24)(H,20,22,25). The third kappa shape index (κ3) is 3.32. The van der Waals surface area contributed by atoms with Crippen LogP contribution in [0.2, 0.25) is 5.02 Å². The van der Waals surface area contributed by atoms with Crippen molar-refractivity contribution in [1.29, 1.82) is 0 Å². The summed E-state index contributed by atoms with van der Waals surface area (Å²) in [5.41, 5.74) is 2.21. The van der Waals surface area contributed by atoms with Gasteiger partial charge in [-0.05, 0) is 71.1 Å². The molecular weight excluding hydrogens is 342 g/mol. The Morgan fingerprint density at radius 3 is 2.80 bits per heavy atom. The molecule has 3 aromatic rings. The van der Waals surface area contributed by atoms with E-state index in [2.05, 4.69) is 20.8 Å². The van der Waals surface area contributed by atoms with Crippen LogP contribution < -0.4 is 11.0 Å². The molecule has 0 spiro atoms. The van der Waals surface area contributed by atoms with E-state index in [0.29, 0.717) is 27.9 Å². The van der Waals surface area contributed by atoms with E-state index in [9.17, 15) is 9.59 Å². The maximum Gasteiger partial charge on any atom is 0.365 e. The first kappa shape index (κ1) is 15.6. The van der Waals surface area contributed by atoms with E-state index in [1.165, 1.54) is 0 Å². The molecule has 1 fully saturated rings. The molecule has 4 rings (SSSR count). The highest BCUT2D eigenvalue weighted by Gasteiger charge is 2.24. The van der Waals surface area contributed by atoms with E-state index >= 15 is 0 Å². The van der Waals surface area contributed by atoms with Crippen LogP contribution in [0.25, 0.3) is 5.69 Å². The summed E-state index contributed by atoms with van der Waals surface area (Å²) in [4.78, 5) is 24.2. The monoisotopic (exact) mass is 355 g/mol. The van der Waals surface area contributed by atoms with Crippen LogP contribution in [0.15, 0.2) is 47.3 Å². The highest BCUT2D eigenvalue weighted by atomic mass is 35.5. The number of benzene rings is 2. The van der Waals surface area contributed by atoms with Gasteiger partial charge in [0.25, 0.3) is 5.91 Å². The number of anilines is 1. The van der Waals surface area contributed by atoms with Gasteiger partial charge in [-0.1, -0.05) is 17.7 Å². The molecule has 7 nitrogen and oxygen atoms in total. The molecule has 0 aliphatic heterocycles. The number of hydrogen-bond acceptors (Lipinski definition) is 4. The van der Waals surface area contributed by atoms with Gasteiger partial charge < -0.3 is 5.32 Å². The number of nitrogens with one attached hydrogen (secondary N) is 2. The van der Waals surface area contributed by atoms with E-state index in [-0.39, 0.29) is 5.91 Å². The molecule has 8 heteroatoms. The van der Waals surface area contributed by atoms with Gasteiger partial charge in [-0.2, -0.15) is 4.68 Å². The van der Waals surface area contributed by atoms with Crippen LogP contribution in [0.3, 0.4) is 0 Å². The topological polar surface area (TPSA) is 92.7 Å². The lowest BCUT2D eigenvalue weighted by Gasteiger charge is -2.09. The van der Waals surface area contributed by atoms with Crippen molar-refractivity contribution in [3.05, 3.63) is 69.1 Å². The SMILES string of the molecule is O=C(Nc1cccc(-n2nn[nH]c2=O)c1)c1cc(Cl)cc(C2CC2)c1. The molecule has 0 unspecified atom stereocenters. The zero-order chi connectivity index (χ0) is 17.4. The number of carbonyl (C=O) groups excluding carboxylic acids is 1. The molecule has 126 valence electrons. The highest BCUT2D eigenvalue weighted by molar-refractivity contribution is 6.31. The first-order valence-electron chi connectivity index (χ1n) is 7.83. The number of hydrogen-bond donors (Lipinski definition) is 2. The number of aromatic amines is 1. The predicted octanol–water partition coefficient (Wildman–Crippen LogP) is 2.74. The molecule has 1 amide bonds. The second-order valence-electron chi connectivity index (χ2n) is 5.97. The van der Waals surface area contributed by atoms with Crippen LogP contribution in [0, 0.1) is 0 Å². The third-order valence-corrected chi connectivity index (χ3v) is 4.27. The van der Waals surface area contributed by atoms with E-state index in [4.69, 9.17) is 11.6 Å². The maximum atomic E-state index is 12.6. The van der Waals surface area contributed by atoms with Gasteiger partial charge in [-0.3, -0.25) is 4.79 Å². The van der Waals surface area contributed by atoms with E-state index in [1.807, 2.05) is 12.1 Å². The van der Waals surface area contributed by atoms with Crippen LogP contribution in [0.1, 0.15) is 34.7 Å². The maximum absolute atomic E-state index is 12.6. The lowest BCUT2D eigenvalue weighted by molar-refractivity contribution is 0.102. The van der Waals surface area contributed by atoms with Crippen molar-refractivity contribution in [3.63, 3.8) is 0 Å². The van der Waals surface area contributed by atoms with Crippen molar-refractivity contribution in [1.82, 2.24) is 20.2 Å². The van der Waals surface area contributed by atoms with Crippen LogP contribution >= 0.6 is 11.6 Å². The van der Waals surface area contributed by atoms with E-state index in [1.54, 1.807) is 30.3 Å². The van der Waals surface area contributed by atoms with Crippen molar-refractivity contribution in [3.8, 4) is 5.69 Å². The number of halogens is 1. The predicted molar refractivity (Wildman–Crippen MR) is 93.4 cm³/mol. The molecule has 1 aliphatic rings. The summed E-state index contributed by atoms with van der Waals surface area (Å²) in [6.45, 7) is 0. The first-order chi connectivity index (χ1) is 12.1. The molecule has 1 saturated carbocycles. The van der Waals surface area contributed by atoms with Gasteiger partial charge in [-0.15, -0.1) is 0 Å². The summed E-state index contributed by atoms with van der Waals surface area (Å²) in [6.07, 6.45) is 2.27. The fraction of sp³-hybridized carbons (Fsp3) is 0.176. The summed E-state index contributed by atoms with van der Waals surface area (Å²) >= 11 is 6.14. The largest absolute Gasteiger partial charge is 0.365 e. The fourth-order valence-corrected chi connectivity index (χ4v) is 2.92. The second-order valence-corrected chi connectivity index (χ2v) is 6.41. The van der Waals surface area contributed by atoms with E-state index in [0.717, 1.165) is 23.1 Å². The Bertz CT molecular complexity index is 1010. The molecule has 1 aliphatic carbocycles. The van der Waals surface area contributed by atoms with Gasteiger partial charge in [0.1, 0.15) is 0 Å². The number of aromatic nitrogens is 4. The van der Waals surface area contributed by atoms with Gasteiger partial charge in [0.05, 0.1) is 5.69 Å². The minimum Gasteiger partial charge on any atom is -0.322 e. The smallest absolute Gasteiger partial charge is 0.322 e. The molecule has 0 saturated heterocycles. The molecule has 0 bridgehead atoms. The number of rotatable bonds is 4. The van der Waals surface area contributed by atoms with Gasteiger partial charge in [0.2, 0.25) is 0 Å². The molecule has 0 radical (unpaired) electrons. The summed E-state index contributed by atoms with van der Waals surface area (Å²) in [5.74, 6) is 0.252. The summed E-state index contributed by atoms with van der Waals surface area (Å²) in [6, 6.07) is 12.2. The van der Waals surface area contributed by atoms with Gasteiger partial charge in [-0.25, -0.2) is 9.89 Å². The summed E-state index contributed by atoms with van der Waals surface area (Å²) in [5, 5.41) is 12.7. The van der Waals surface area contributed by atoms with E-state index < -0.39 is 5.69 Å². The highest BCUT2D eigenvalue weighted by Crippen LogP contribution is 2.41. The van der Waals surface area contributed by atoms with Gasteiger partial charge in [0.15, 0.2) is 0 Å². The van der Waals surface area contributed by atoms with Gasteiger partial charge in [0, 0.05) is 16.3 Å². The Morgan fingerprint density at radius 1 is 1.24 bits per heavy atom. The zero-order valence-electron chi connectivity index (χ0n) is 13.1. The van der Waals surface area contributed by atoms with Crippen molar-refractivity contribution in [2.75, 3.05) is 5.32 Å². The van der Waals surface area contributed by atoms with Crippen molar-refractivity contribution in [2.24, 2.45) is 0 Å².